The number of hydrogen-bond acceptors (Lipinski definition) is 5. The van der Waals surface area contributed by atoms with Crippen molar-refractivity contribution >= 4 is 38.6 Å². The van der Waals surface area contributed by atoms with Crippen molar-refractivity contribution in [3.05, 3.63) is 77.2 Å². The number of likely N-dealkylation sites (tertiary alicyclic amines) is 1. The highest BCUT2D eigenvalue weighted by molar-refractivity contribution is 7.22. The van der Waals surface area contributed by atoms with Crippen molar-refractivity contribution in [1.29, 1.82) is 0 Å². The molecule has 1 aromatic carbocycles. The van der Waals surface area contributed by atoms with Gasteiger partial charge < -0.3 is 9.47 Å². The van der Waals surface area contributed by atoms with E-state index in [0.717, 1.165) is 35.1 Å². The number of carbonyl (C=O) groups is 2. The number of pyridine rings is 1. The van der Waals surface area contributed by atoms with Gasteiger partial charge in [0.2, 0.25) is 0 Å². The molecule has 0 aliphatic carbocycles. The summed E-state index contributed by atoms with van der Waals surface area (Å²) in [7, 11) is 0. The molecule has 0 saturated carbocycles. The van der Waals surface area contributed by atoms with E-state index in [1.54, 1.807) is 18.3 Å². The van der Waals surface area contributed by atoms with Gasteiger partial charge in [0.1, 0.15) is 0 Å². The Labute approximate surface area is 215 Å². The van der Waals surface area contributed by atoms with Gasteiger partial charge in [-0.05, 0) is 70.7 Å². The lowest BCUT2D eigenvalue weighted by molar-refractivity contribution is 0.0613. The maximum absolute atomic E-state index is 14.0. The van der Waals surface area contributed by atoms with Crippen LogP contribution in [-0.2, 0) is 5.54 Å². The first-order chi connectivity index (χ1) is 17.2. The highest BCUT2D eigenvalue weighted by Crippen LogP contribution is 2.38. The van der Waals surface area contributed by atoms with Crippen LogP contribution in [0.5, 0.6) is 0 Å². The Bertz CT molecular complexity index is 1400. The number of anilines is 1. The van der Waals surface area contributed by atoms with Gasteiger partial charge in [-0.3, -0.25) is 19.9 Å². The fourth-order valence-electron chi connectivity index (χ4n) is 4.74. The number of rotatable bonds is 4. The van der Waals surface area contributed by atoms with Crippen molar-refractivity contribution in [2.24, 2.45) is 0 Å². The molecule has 1 unspecified atom stereocenters. The Kier molecular flexibility index (Phi) is 6.38. The van der Waals surface area contributed by atoms with Gasteiger partial charge in [-0.15, -0.1) is 0 Å². The average Bonchev–Trinajstić information content (AvgIpc) is 3.43. The zero-order chi connectivity index (χ0) is 25.4. The SMILES string of the molecule is Cc1ccc(C(=O)Nc2nc3c(s2)c(C(=O)N2CCCCC2c2cccnc2)cn3C(C)(C)C)cc1. The first-order valence-electron chi connectivity index (χ1n) is 12.3. The van der Waals surface area contributed by atoms with E-state index >= 15 is 0 Å². The zero-order valence-corrected chi connectivity index (χ0v) is 21.9. The van der Waals surface area contributed by atoms with Crippen LogP contribution < -0.4 is 5.32 Å². The summed E-state index contributed by atoms with van der Waals surface area (Å²) in [5.74, 6) is -0.217. The maximum atomic E-state index is 14.0. The van der Waals surface area contributed by atoms with Gasteiger partial charge in [0.15, 0.2) is 10.8 Å². The van der Waals surface area contributed by atoms with Gasteiger partial charge in [0.05, 0.1) is 16.3 Å². The third-order valence-electron chi connectivity index (χ3n) is 6.66. The van der Waals surface area contributed by atoms with Crippen LogP contribution >= 0.6 is 11.3 Å². The van der Waals surface area contributed by atoms with Crippen LogP contribution in [0.2, 0.25) is 0 Å². The lowest BCUT2D eigenvalue weighted by Gasteiger charge is -2.35. The Morgan fingerprint density at radius 2 is 1.89 bits per heavy atom. The smallest absolute Gasteiger partial charge is 0.257 e. The molecule has 3 aromatic heterocycles. The number of nitrogens with zero attached hydrogens (tertiary/aromatic N) is 4. The van der Waals surface area contributed by atoms with E-state index in [4.69, 9.17) is 4.98 Å². The Balaban J connectivity index is 1.51. The first kappa shape index (κ1) is 24.2. The molecule has 4 heterocycles. The number of fused-ring (bicyclic) bond motifs is 1. The normalized spacial score (nSPS) is 16.3. The molecule has 2 amide bonds. The van der Waals surface area contributed by atoms with E-state index in [2.05, 4.69) is 31.1 Å². The van der Waals surface area contributed by atoms with Gasteiger partial charge in [-0.1, -0.05) is 35.1 Å². The molecule has 8 heteroatoms. The number of aromatic nitrogens is 3. The van der Waals surface area contributed by atoms with Crippen LogP contribution in [0.4, 0.5) is 5.13 Å². The number of carbonyl (C=O) groups excluding carboxylic acids is 2. The molecule has 1 saturated heterocycles. The molecule has 5 rings (SSSR count). The summed E-state index contributed by atoms with van der Waals surface area (Å²) in [6, 6.07) is 11.4. The second-order valence-corrected chi connectivity index (χ2v) is 11.4. The van der Waals surface area contributed by atoms with Gasteiger partial charge in [-0.2, -0.15) is 0 Å². The van der Waals surface area contributed by atoms with Gasteiger partial charge >= 0.3 is 0 Å². The topological polar surface area (TPSA) is 80.1 Å². The number of nitrogens with one attached hydrogen (secondary N) is 1. The average molecular weight is 502 g/mol. The van der Waals surface area contributed by atoms with Crippen LogP contribution in [0.1, 0.15) is 77.9 Å². The number of benzene rings is 1. The second kappa shape index (κ2) is 9.50. The second-order valence-electron chi connectivity index (χ2n) is 10.4. The van der Waals surface area contributed by atoms with E-state index in [0.29, 0.717) is 28.5 Å². The number of thiazole rings is 1. The molecule has 1 N–H and O–H groups in total. The van der Waals surface area contributed by atoms with Crippen molar-refractivity contribution in [3.63, 3.8) is 0 Å². The van der Waals surface area contributed by atoms with Crippen LogP contribution in [-0.4, -0.2) is 37.8 Å². The molecule has 0 spiro atoms. The van der Waals surface area contributed by atoms with Gasteiger partial charge in [0, 0.05) is 36.2 Å². The minimum atomic E-state index is -0.284. The summed E-state index contributed by atoms with van der Waals surface area (Å²) in [6.07, 6.45) is 8.52. The van der Waals surface area contributed by atoms with Crippen molar-refractivity contribution in [1.82, 2.24) is 19.4 Å². The van der Waals surface area contributed by atoms with Crippen LogP contribution in [0.25, 0.3) is 10.3 Å². The predicted octanol–water partition coefficient (Wildman–Crippen LogP) is 6.18. The van der Waals surface area contributed by atoms with E-state index in [1.165, 1.54) is 11.3 Å². The minimum absolute atomic E-state index is 0.00150. The molecule has 1 atom stereocenters. The van der Waals surface area contributed by atoms with Crippen LogP contribution in [0, 0.1) is 6.92 Å². The van der Waals surface area contributed by atoms with E-state index < -0.39 is 0 Å². The molecule has 0 radical (unpaired) electrons. The van der Waals surface area contributed by atoms with Crippen molar-refractivity contribution in [3.8, 4) is 0 Å². The fourth-order valence-corrected chi connectivity index (χ4v) is 5.69. The Hall–Kier alpha value is -3.52. The Morgan fingerprint density at radius 1 is 1.11 bits per heavy atom. The van der Waals surface area contributed by atoms with Gasteiger partial charge in [-0.25, -0.2) is 4.98 Å². The molecule has 1 aliphatic heterocycles. The number of aryl methyl sites for hydroxylation is 1. The predicted molar refractivity (Wildman–Crippen MR) is 144 cm³/mol. The molecular weight excluding hydrogens is 470 g/mol. The zero-order valence-electron chi connectivity index (χ0n) is 21.1. The van der Waals surface area contributed by atoms with E-state index in [9.17, 15) is 9.59 Å². The summed E-state index contributed by atoms with van der Waals surface area (Å²) in [5.41, 5.74) is 3.79. The molecule has 0 bridgehead atoms. The highest BCUT2D eigenvalue weighted by Gasteiger charge is 2.33. The maximum Gasteiger partial charge on any atom is 0.257 e. The Morgan fingerprint density at radius 3 is 2.58 bits per heavy atom. The van der Waals surface area contributed by atoms with Crippen molar-refractivity contribution < 1.29 is 9.59 Å². The molecular formula is C28H31N5O2S. The highest BCUT2D eigenvalue weighted by atomic mass is 32.1. The summed E-state index contributed by atoms with van der Waals surface area (Å²) >= 11 is 1.35. The third kappa shape index (κ3) is 4.65. The molecule has 36 heavy (non-hydrogen) atoms. The molecule has 1 fully saturated rings. The minimum Gasteiger partial charge on any atom is -0.331 e. The monoisotopic (exact) mass is 501 g/mol. The third-order valence-corrected chi connectivity index (χ3v) is 7.65. The lowest BCUT2D eigenvalue weighted by Crippen LogP contribution is -2.38. The largest absolute Gasteiger partial charge is 0.331 e. The van der Waals surface area contributed by atoms with Gasteiger partial charge in [0.25, 0.3) is 11.8 Å². The number of hydrogen-bond donors (Lipinski definition) is 1. The number of piperidine rings is 1. The van der Waals surface area contributed by atoms with E-state index in [-0.39, 0.29) is 23.4 Å². The van der Waals surface area contributed by atoms with Crippen LogP contribution in [0.3, 0.4) is 0 Å². The first-order valence-corrected chi connectivity index (χ1v) is 13.2. The standard InChI is InChI=1S/C28H31N5O2S/c1-18-10-12-19(13-11-18)25(34)31-27-30-24-23(36-27)21(17-33(24)28(2,3)4)26(35)32-15-6-5-9-22(32)20-8-7-14-29-16-20/h7-8,10-14,16-17,22H,5-6,9,15H2,1-4H3,(H,30,31,34). The summed E-state index contributed by atoms with van der Waals surface area (Å²) in [6.45, 7) is 8.95. The summed E-state index contributed by atoms with van der Waals surface area (Å²) in [5, 5.41) is 3.42. The molecule has 7 nitrogen and oxygen atoms in total. The van der Waals surface area contributed by atoms with Crippen LogP contribution in [0.15, 0.2) is 55.0 Å². The molecule has 1 aliphatic rings. The quantitative estimate of drug-likeness (QED) is 0.362. The van der Waals surface area contributed by atoms with Crippen molar-refractivity contribution in [2.75, 3.05) is 11.9 Å². The number of amides is 2. The fraction of sp³-hybridized carbons (Fsp3) is 0.357. The summed E-state index contributed by atoms with van der Waals surface area (Å²) in [4.78, 5) is 37.9. The summed E-state index contributed by atoms with van der Waals surface area (Å²) < 4.78 is 2.83. The molecule has 186 valence electrons. The van der Waals surface area contributed by atoms with E-state index in [1.807, 2.05) is 53.0 Å². The van der Waals surface area contributed by atoms with Crippen molar-refractivity contribution in [2.45, 2.75) is 58.5 Å². The lowest BCUT2D eigenvalue weighted by atomic mass is 9.96. The molecule has 4 aromatic rings.